The number of hydrogen-bond acceptors (Lipinski definition) is 5. The van der Waals surface area contributed by atoms with Gasteiger partial charge in [0.05, 0.1) is 27.9 Å². The first-order valence-corrected chi connectivity index (χ1v) is 12.1. The Morgan fingerprint density at radius 1 is 0.879 bits per heavy atom. The topological polar surface area (TPSA) is 102 Å². The number of hydrogen-bond donors (Lipinski definition) is 2. The Hall–Kier alpha value is -2.78. The van der Waals surface area contributed by atoms with Crippen LogP contribution in [-0.2, 0) is 14.8 Å². The van der Waals surface area contributed by atoms with Gasteiger partial charge in [-0.05, 0) is 67.6 Å². The molecule has 0 aliphatic rings. The lowest BCUT2D eigenvalue weighted by atomic mass is 10.1. The molecule has 2 N–H and O–H groups in total. The second-order valence-electron chi connectivity index (χ2n) is 6.63. The van der Waals surface area contributed by atoms with Crippen LogP contribution >= 0.6 is 34.8 Å². The van der Waals surface area contributed by atoms with Crippen molar-refractivity contribution in [2.75, 3.05) is 16.6 Å². The Morgan fingerprint density at radius 2 is 1.52 bits per heavy atom. The van der Waals surface area contributed by atoms with Crippen LogP contribution in [0.5, 0.6) is 0 Å². The first-order valence-electron chi connectivity index (χ1n) is 9.46. The number of carbonyl (C=O) groups excluding carboxylic acids is 2. The lowest BCUT2D eigenvalue weighted by Gasteiger charge is -2.13. The number of anilines is 2. The summed E-state index contributed by atoms with van der Waals surface area (Å²) in [5.41, 5.74) is 0.898. The maximum Gasteiger partial charge on any atom is 0.338 e. The summed E-state index contributed by atoms with van der Waals surface area (Å²) in [6, 6.07) is 14.3. The van der Waals surface area contributed by atoms with Gasteiger partial charge in [-0.2, -0.15) is 0 Å². The fraction of sp³-hybridized carbons (Fsp3) is 0.0909. The van der Waals surface area contributed by atoms with Crippen molar-refractivity contribution >= 4 is 68.1 Å². The van der Waals surface area contributed by atoms with E-state index in [2.05, 4.69) is 10.0 Å². The molecule has 0 saturated carbocycles. The number of halogens is 3. The van der Waals surface area contributed by atoms with E-state index in [0.29, 0.717) is 11.3 Å². The van der Waals surface area contributed by atoms with Crippen LogP contribution < -0.4 is 10.0 Å². The normalized spacial score (nSPS) is 11.0. The molecule has 0 heterocycles. The van der Waals surface area contributed by atoms with Gasteiger partial charge in [-0.15, -0.1) is 0 Å². The predicted octanol–water partition coefficient (Wildman–Crippen LogP) is 5.88. The smallest absolute Gasteiger partial charge is 0.338 e. The summed E-state index contributed by atoms with van der Waals surface area (Å²) >= 11 is 18.0. The summed E-state index contributed by atoms with van der Waals surface area (Å²) < 4.78 is 32.8. The summed E-state index contributed by atoms with van der Waals surface area (Å²) in [4.78, 5) is 24.2. The summed E-state index contributed by atoms with van der Waals surface area (Å²) in [6.07, 6.45) is 0. The molecule has 0 aromatic heterocycles. The largest absolute Gasteiger partial charge is 0.462 e. The van der Waals surface area contributed by atoms with Gasteiger partial charge in [0.1, 0.15) is 4.90 Å². The molecular weight excluding hydrogens is 511 g/mol. The van der Waals surface area contributed by atoms with Crippen LogP contribution in [0.25, 0.3) is 0 Å². The number of amides is 1. The second kappa shape index (κ2) is 10.4. The molecule has 0 fully saturated rings. The highest BCUT2D eigenvalue weighted by Crippen LogP contribution is 2.30. The number of rotatable bonds is 7. The van der Waals surface area contributed by atoms with E-state index in [-0.39, 0.29) is 37.8 Å². The zero-order chi connectivity index (χ0) is 24.2. The molecule has 0 bridgehead atoms. The minimum Gasteiger partial charge on any atom is -0.462 e. The van der Waals surface area contributed by atoms with E-state index in [1.54, 1.807) is 19.1 Å². The molecule has 172 valence electrons. The summed E-state index contributed by atoms with van der Waals surface area (Å²) in [5, 5.41) is 2.90. The zero-order valence-corrected chi connectivity index (χ0v) is 20.1. The predicted molar refractivity (Wildman–Crippen MR) is 129 cm³/mol. The van der Waals surface area contributed by atoms with Crippen LogP contribution in [0.2, 0.25) is 15.1 Å². The van der Waals surface area contributed by atoms with Crippen LogP contribution in [0, 0.1) is 0 Å². The molecule has 0 aliphatic carbocycles. The minimum atomic E-state index is -4.13. The highest BCUT2D eigenvalue weighted by atomic mass is 35.5. The van der Waals surface area contributed by atoms with Crippen molar-refractivity contribution in [2.45, 2.75) is 11.8 Å². The lowest BCUT2D eigenvalue weighted by molar-refractivity contribution is 0.0526. The maximum atomic E-state index is 12.8. The van der Waals surface area contributed by atoms with Crippen molar-refractivity contribution in [1.82, 2.24) is 0 Å². The number of nitrogens with one attached hydrogen (secondary N) is 2. The fourth-order valence-electron chi connectivity index (χ4n) is 2.73. The van der Waals surface area contributed by atoms with Crippen molar-refractivity contribution < 1.29 is 22.7 Å². The maximum absolute atomic E-state index is 12.8. The van der Waals surface area contributed by atoms with E-state index in [0.717, 1.165) is 0 Å². The van der Waals surface area contributed by atoms with Crippen LogP contribution in [-0.4, -0.2) is 26.9 Å². The summed E-state index contributed by atoms with van der Waals surface area (Å²) in [6.45, 7) is 1.96. The van der Waals surface area contributed by atoms with Gasteiger partial charge in [-0.3, -0.25) is 9.52 Å². The molecule has 33 heavy (non-hydrogen) atoms. The van der Waals surface area contributed by atoms with E-state index >= 15 is 0 Å². The van der Waals surface area contributed by atoms with Gasteiger partial charge < -0.3 is 10.1 Å². The third-order valence-electron chi connectivity index (χ3n) is 4.31. The highest BCUT2D eigenvalue weighted by Gasteiger charge is 2.21. The third kappa shape index (κ3) is 6.17. The number of benzene rings is 3. The van der Waals surface area contributed by atoms with Crippen LogP contribution in [0.4, 0.5) is 11.4 Å². The molecular formula is C22H17Cl3N2O5S. The second-order valence-corrected chi connectivity index (χ2v) is 9.53. The Balaban J connectivity index is 1.80. The average molecular weight is 528 g/mol. The molecule has 3 rings (SSSR count). The van der Waals surface area contributed by atoms with Gasteiger partial charge in [0.25, 0.3) is 15.9 Å². The number of carbonyl (C=O) groups is 2. The number of ether oxygens (including phenoxy) is 1. The zero-order valence-electron chi connectivity index (χ0n) is 17.1. The standard InChI is InChI=1S/C22H17Cl3N2O5S/c1-2-32-22(29)13-3-7-16(8-4-13)26-21(28)14-5-9-17(24)19(11-14)27-33(30,31)20-12-15(23)6-10-18(20)25/h3-12,27H,2H2,1H3,(H,26,28). The number of sulfonamides is 1. The van der Waals surface area contributed by atoms with E-state index < -0.39 is 21.9 Å². The van der Waals surface area contributed by atoms with Crippen molar-refractivity contribution in [2.24, 2.45) is 0 Å². The Bertz CT molecular complexity index is 1310. The average Bonchev–Trinajstić information content (AvgIpc) is 2.77. The minimum absolute atomic E-state index is 0.0157. The van der Waals surface area contributed by atoms with Crippen LogP contribution in [0.3, 0.4) is 0 Å². The number of esters is 1. The Morgan fingerprint density at radius 3 is 2.18 bits per heavy atom. The molecule has 0 saturated heterocycles. The molecule has 0 atom stereocenters. The molecule has 3 aromatic carbocycles. The molecule has 0 spiro atoms. The van der Waals surface area contributed by atoms with Crippen LogP contribution in [0.15, 0.2) is 65.6 Å². The van der Waals surface area contributed by atoms with Crippen molar-refractivity contribution in [3.63, 3.8) is 0 Å². The molecule has 0 unspecified atom stereocenters. The monoisotopic (exact) mass is 526 g/mol. The van der Waals surface area contributed by atoms with Gasteiger partial charge in [-0.1, -0.05) is 34.8 Å². The SMILES string of the molecule is CCOC(=O)c1ccc(NC(=O)c2ccc(Cl)c(NS(=O)(=O)c3cc(Cl)ccc3Cl)c2)cc1. The van der Waals surface area contributed by atoms with Gasteiger partial charge in [-0.25, -0.2) is 13.2 Å². The molecule has 3 aromatic rings. The molecule has 1 amide bonds. The fourth-order valence-corrected chi connectivity index (χ4v) is 4.79. The Kier molecular flexibility index (Phi) is 7.86. The van der Waals surface area contributed by atoms with Crippen molar-refractivity contribution in [1.29, 1.82) is 0 Å². The van der Waals surface area contributed by atoms with E-state index in [9.17, 15) is 18.0 Å². The summed E-state index contributed by atoms with van der Waals surface area (Å²) in [5.74, 6) is -0.985. The molecule has 11 heteroatoms. The first kappa shape index (κ1) is 24.9. The molecule has 7 nitrogen and oxygen atoms in total. The quantitative estimate of drug-likeness (QED) is 0.374. The first-order chi connectivity index (χ1) is 15.6. The van der Waals surface area contributed by atoms with Gasteiger partial charge in [0.2, 0.25) is 0 Å². The third-order valence-corrected chi connectivity index (χ3v) is 6.72. The molecule has 0 aliphatic heterocycles. The molecule has 0 radical (unpaired) electrons. The van der Waals surface area contributed by atoms with Gasteiger partial charge in [0, 0.05) is 16.3 Å². The van der Waals surface area contributed by atoms with Crippen molar-refractivity contribution in [3.8, 4) is 0 Å². The van der Waals surface area contributed by atoms with Gasteiger partial charge in [0.15, 0.2) is 0 Å². The lowest BCUT2D eigenvalue weighted by Crippen LogP contribution is -2.16. The highest BCUT2D eigenvalue weighted by molar-refractivity contribution is 7.92. The van der Waals surface area contributed by atoms with E-state index in [1.807, 2.05) is 0 Å². The Labute approximate surface area is 205 Å². The van der Waals surface area contributed by atoms with E-state index in [1.165, 1.54) is 48.5 Å². The van der Waals surface area contributed by atoms with Crippen LogP contribution in [0.1, 0.15) is 27.6 Å². The summed E-state index contributed by atoms with van der Waals surface area (Å²) in [7, 11) is -4.13. The van der Waals surface area contributed by atoms with Gasteiger partial charge >= 0.3 is 5.97 Å². The van der Waals surface area contributed by atoms with Crippen molar-refractivity contribution in [3.05, 3.63) is 86.9 Å². The van der Waals surface area contributed by atoms with E-state index in [4.69, 9.17) is 39.5 Å².